The van der Waals surface area contributed by atoms with Crippen LogP contribution in [0, 0.1) is 23.4 Å². The largest absolute Gasteiger partial charge is 0.207 e. The van der Waals surface area contributed by atoms with Crippen LogP contribution in [-0.4, -0.2) is 0 Å². The summed E-state index contributed by atoms with van der Waals surface area (Å²) < 4.78 is 42.7. The molecule has 0 atom stereocenters. The van der Waals surface area contributed by atoms with E-state index in [2.05, 4.69) is 13.0 Å². The Kier molecular flexibility index (Phi) is 8.41. The summed E-state index contributed by atoms with van der Waals surface area (Å²) in [5, 5.41) is 0. The van der Waals surface area contributed by atoms with Gasteiger partial charge in [-0.05, 0) is 97.9 Å². The molecule has 1 fully saturated rings. The lowest BCUT2D eigenvalue weighted by atomic mass is 9.76. The van der Waals surface area contributed by atoms with Gasteiger partial charge in [0.2, 0.25) is 0 Å². The molecule has 1 aliphatic carbocycles. The highest BCUT2D eigenvalue weighted by Crippen LogP contribution is 2.39. The van der Waals surface area contributed by atoms with Gasteiger partial charge >= 0.3 is 0 Å². The van der Waals surface area contributed by atoms with Crippen LogP contribution < -0.4 is 0 Å². The van der Waals surface area contributed by atoms with Crippen LogP contribution in [0.1, 0.15) is 93.4 Å². The van der Waals surface area contributed by atoms with Crippen LogP contribution in [0.2, 0.25) is 0 Å². The lowest BCUT2D eigenvalue weighted by Gasteiger charge is -2.29. The molecule has 0 amide bonds. The minimum absolute atomic E-state index is 0.0416. The zero-order chi connectivity index (χ0) is 21.5. The molecule has 0 spiro atoms. The van der Waals surface area contributed by atoms with E-state index >= 15 is 0 Å². The highest BCUT2D eigenvalue weighted by Gasteiger charge is 2.24. The van der Waals surface area contributed by atoms with Crippen LogP contribution in [-0.2, 0) is 19.3 Å². The van der Waals surface area contributed by atoms with E-state index in [9.17, 15) is 13.2 Å². The van der Waals surface area contributed by atoms with E-state index in [0.717, 1.165) is 68.9 Å². The number of hydrogen-bond donors (Lipinski definition) is 0. The van der Waals surface area contributed by atoms with Gasteiger partial charge in [0, 0.05) is 0 Å². The maximum Gasteiger partial charge on any atom is 0.162 e. The second-order valence-corrected chi connectivity index (χ2v) is 8.93. The van der Waals surface area contributed by atoms with Crippen molar-refractivity contribution in [2.24, 2.45) is 5.92 Å². The van der Waals surface area contributed by atoms with Crippen LogP contribution in [0.5, 0.6) is 0 Å². The van der Waals surface area contributed by atoms with E-state index in [0.29, 0.717) is 35.8 Å². The number of hydrogen-bond acceptors (Lipinski definition) is 0. The molecule has 0 radical (unpaired) electrons. The predicted octanol–water partition coefficient (Wildman–Crippen LogP) is 8.31. The first kappa shape index (κ1) is 22.9. The normalized spacial score (nSPS) is 19.2. The Labute approximate surface area is 179 Å². The minimum atomic E-state index is -0.682. The third kappa shape index (κ3) is 5.68. The van der Waals surface area contributed by atoms with Crippen LogP contribution >= 0.6 is 0 Å². The van der Waals surface area contributed by atoms with E-state index < -0.39 is 11.6 Å². The molecule has 1 aliphatic rings. The van der Waals surface area contributed by atoms with Gasteiger partial charge < -0.3 is 0 Å². The summed E-state index contributed by atoms with van der Waals surface area (Å²) >= 11 is 0. The molecule has 0 nitrogen and oxygen atoms in total. The highest BCUT2D eigenvalue weighted by molar-refractivity contribution is 5.28. The molecule has 0 aliphatic heterocycles. The average molecular weight is 417 g/mol. The third-order valence-electron chi connectivity index (χ3n) is 6.85. The summed E-state index contributed by atoms with van der Waals surface area (Å²) in [6.45, 7) is 3.99. The minimum Gasteiger partial charge on any atom is -0.207 e. The second kappa shape index (κ2) is 11.0. The summed E-state index contributed by atoms with van der Waals surface area (Å²) in [5.74, 6) is -0.472. The Hall–Kier alpha value is -1.77. The Bertz CT molecular complexity index is 819. The SMILES string of the molecule is CCCCc1ccc(C2CCC(CCCc3ccc(CC)c(F)c3F)CC2)c(F)c1. The number of halogens is 3. The zero-order valence-electron chi connectivity index (χ0n) is 18.5. The van der Waals surface area contributed by atoms with Gasteiger partial charge in [-0.2, -0.15) is 0 Å². The van der Waals surface area contributed by atoms with Crippen molar-refractivity contribution in [3.05, 3.63) is 70.0 Å². The molecular formula is C27H35F3. The molecule has 2 aromatic carbocycles. The molecule has 0 heterocycles. The van der Waals surface area contributed by atoms with Gasteiger partial charge in [0.05, 0.1) is 0 Å². The Morgan fingerprint density at radius 3 is 2.17 bits per heavy atom. The Morgan fingerprint density at radius 1 is 0.800 bits per heavy atom. The third-order valence-corrected chi connectivity index (χ3v) is 6.85. The molecule has 3 heteroatoms. The quantitative estimate of drug-likeness (QED) is 0.385. The van der Waals surface area contributed by atoms with Gasteiger partial charge in [0.15, 0.2) is 11.6 Å². The van der Waals surface area contributed by atoms with E-state index in [-0.39, 0.29) is 5.82 Å². The van der Waals surface area contributed by atoms with Crippen molar-refractivity contribution < 1.29 is 13.2 Å². The van der Waals surface area contributed by atoms with Gasteiger partial charge in [0.25, 0.3) is 0 Å². The monoisotopic (exact) mass is 416 g/mol. The Morgan fingerprint density at radius 2 is 1.50 bits per heavy atom. The zero-order valence-corrected chi connectivity index (χ0v) is 18.5. The Balaban J connectivity index is 1.47. The fourth-order valence-corrected chi connectivity index (χ4v) is 4.88. The van der Waals surface area contributed by atoms with Crippen molar-refractivity contribution in [3.63, 3.8) is 0 Å². The predicted molar refractivity (Wildman–Crippen MR) is 118 cm³/mol. The van der Waals surface area contributed by atoms with Crippen LogP contribution in [0.15, 0.2) is 30.3 Å². The van der Waals surface area contributed by atoms with E-state index in [1.54, 1.807) is 18.2 Å². The van der Waals surface area contributed by atoms with Crippen molar-refractivity contribution in [1.29, 1.82) is 0 Å². The average Bonchev–Trinajstić information content (AvgIpc) is 2.76. The fraction of sp³-hybridized carbons (Fsp3) is 0.556. The summed E-state index contributed by atoms with van der Waals surface area (Å²) in [6, 6.07) is 9.27. The molecule has 0 N–H and O–H groups in total. The van der Waals surface area contributed by atoms with Crippen molar-refractivity contribution in [3.8, 4) is 0 Å². The summed E-state index contributed by atoms with van der Waals surface area (Å²) in [5.41, 5.74) is 2.91. The van der Waals surface area contributed by atoms with Crippen molar-refractivity contribution in [2.75, 3.05) is 0 Å². The van der Waals surface area contributed by atoms with E-state index in [4.69, 9.17) is 0 Å². The molecule has 0 aromatic heterocycles. The first-order chi connectivity index (χ1) is 14.5. The first-order valence-corrected chi connectivity index (χ1v) is 11.8. The molecule has 0 saturated heterocycles. The summed E-state index contributed by atoms with van der Waals surface area (Å²) in [6.07, 6.45) is 10.4. The lowest BCUT2D eigenvalue weighted by molar-refractivity contribution is 0.301. The molecule has 3 rings (SSSR count). The molecule has 0 unspecified atom stereocenters. The standard InChI is InChI=1S/C27H35F3/c1-3-5-7-20-12-17-24(25(28)18-20)22-13-10-19(11-14-22)8-6-9-23-16-15-21(4-2)26(29)27(23)30/h12,15-19,22H,3-11,13-14H2,1-2H3. The van der Waals surface area contributed by atoms with E-state index in [1.165, 1.54) is 0 Å². The summed E-state index contributed by atoms with van der Waals surface area (Å²) in [7, 11) is 0. The number of unbranched alkanes of at least 4 members (excludes halogenated alkanes) is 1. The lowest BCUT2D eigenvalue weighted by Crippen LogP contribution is -2.15. The van der Waals surface area contributed by atoms with Crippen LogP contribution in [0.4, 0.5) is 13.2 Å². The molecule has 164 valence electrons. The maximum atomic E-state index is 14.6. The van der Waals surface area contributed by atoms with Crippen LogP contribution in [0.25, 0.3) is 0 Å². The molecule has 2 aromatic rings. The molecule has 30 heavy (non-hydrogen) atoms. The number of benzene rings is 2. The van der Waals surface area contributed by atoms with Gasteiger partial charge in [-0.3, -0.25) is 0 Å². The maximum absolute atomic E-state index is 14.6. The number of aryl methyl sites for hydroxylation is 3. The van der Waals surface area contributed by atoms with Gasteiger partial charge in [-0.25, -0.2) is 13.2 Å². The molecule has 1 saturated carbocycles. The topological polar surface area (TPSA) is 0 Å². The molecular weight excluding hydrogens is 381 g/mol. The fourth-order valence-electron chi connectivity index (χ4n) is 4.88. The smallest absolute Gasteiger partial charge is 0.162 e. The first-order valence-electron chi connectivity index (χ1n) is 11.8. The second-order valence-electron chi connectivity index (χ2n) is 8.93. The highest BCUT2D eigenvalue weighted by atomic mass is 19.2. The van der Waals surface area contributed by atoms with Crippen molar-refractivity contribution >= 4 is 0 Å². The number of rotatable bonds is 9. The van der Waals surface area contributed by atoms with Gasteiger partial charge in [0.1, 0.15) is 5.82 Å². The van der Waals surface area contributed by atoms with Gasteiger partial charge in [-0.1, -0.05) is 51.0 Å². The van der Waals surface area contributed by atoms with Crippen LogP contribution in [0.3, 0.4) is 0 Å². The van der Waals surface area contributed by atoms with Crippen molar-refractivity contribution in [2.45, 2.75) is 90.4 Å². The van der Waals surface area contributed by atoms with Gasteiger partial charge in [-0.15, -0.1) is 0 Å². The van der Waals surface area contributed by atoms with E-state index in [1.807, 2.05) is 13.0 Å². The molecule has 0 bridgehead atoms. The van der Waals surface area contributed by atoms with Crippen molar-refractivity contribution in [1.82, 2.24) is 0 Å². The summed E-state index contributed by atoms with van der Waals surface area (Å²) in [4.78, 5) is 0.